The van der Waals surface area contributed by atoms with Crippen molar-refractivity contribution in [2.75, 3.05) is 6.54 Å². The number of hydrogen-bond acceptors (Lipinski definition) is 5. The summed E-state index contributed by atoms with van der Waals surface area (Å²) in [6, 6.07) is 14.2. The van der Waals surface area contributed by atoms with Gasteiger partial charge in [0.1, 0.15) is 23.7 Å². The van der Waals surface area contributed by atoms with Gasteiger partial charge in [0, 0.05) is 17.1 Å². The number of hydrogen-bond donors (Lipinski definition) is 1. The van der Waals surface area contributed by atoms with E-state index in [1.807, 2.05) is 12.1 Å². The first-order valence-electron chi connectivity index (χ1n) is 9.29. The van der Waals surface area contributed by atoms with Crippen LogP contribution in [-0.2, 0) is 13.2 Å². The van der Waals surface area contributed by atoms with Crippen LogP contribution in [-0.4, -0.2) is 27.2 Å². The Morgan fingerprint density at radius 1 is 1.23 bits per heavy atom. The van der Waals surface area contributed by atoms with E-state index in [0.29, 0.717) is 47.4 Å². The Morgan fingerprint density at radius 2 is 2.00 bits per heavy atom. The lowest BCUT2D eigenvalue weighted by Gasteiger charge is -2.09. The predicted octanol–water partition coefficient (Wildman–Crippen LogP) is 4.07. The lowest BCUT2D eigenvalue weighted by Crippen LogP contribution is -2.27. The normalized spacial score (nSPS) is 10.6. The third-order valence-electron chi connectivity index (χ3n) is 4.53. The van der Waals surface area contributed by atoms with Gasteiger partial charge >= 0.3 is 5.69 Å². The van der Waals surface area contributed by atoms with Crippen LogP contribution in [0.1, 0.15) is 27.3 Å². The number of rotatable bonds is 8. The fraction of sp³-hybridized carbons (Fsp3) is 0.238. The van der Waals surface area contributed by atoms with Crippen LogP contribution in [0.5, 0.6) is 5.75 Å². The molecule has 3 aromatic rings. The minimum Gasteiger partial charge on any atom is -0.489 e. The standard InChI is InChI=1S/C21H21ClN4O4/c1-14-20(26(28)29)15(2)25(24-14)10-9-23-21(27)17-6-3-5-16(11-17)13-30-19-8-4-7-18(22)12-19/h3-8,11-12H,9-10,13H2,1-2H3,(H,23,27). The van der Waals surface area contributed by atoms with Gasteiger partial charge in [-0.15, -0.1) is 0 Å². The van der Waals surface area contributed by atoms with Crippen molar-refractivity contribution >= 4 is 23.2 Å². The summed E-state index contributed by atoms with van der Waals surface area (Å²) in [4.78, 5) is 23.1. The summed E-state index contributed by atoms with van der Waals surface area (Å²) in [6.45, 7) is 4.17. The Morgan fingerprint density at radius 3 is 2.70 bits per heavy atom. The molecule has 1 N–H and O–H groups in total. The molecular weight excluding hydrogens is 408 g/mol. The quantitative estimate of drug-likeness (QED) is 0.430. The highest BCUT2D eigenvalue weighted by atomic mass is 35.5. The number of nitro groups is 1. The van der Waals surface area contributed by atoms with Gasteiger partial charge in [0.25, 0.3) is 5.91 Å². The Bertz CT molecular complexity index is 1080. The van der Waals surface area contributed by atoms with Gasteiger partial charge in [-0.25, -0.2) is 0 Å². The van der Waals surface area contributed by atoms with E-state index in [1.54, 1.807) is 50.2 Å². The molecule has 1 amide bonds. The Hall–Kier alpha value is -3.39. The number of carbonyl (C=O) groups excluding carboxylic acids is 1. The maximum atomic E-state index is 12.5. The van der Waals surface area contributed by atoms with Gasteiger partial charge in [-0.2, -0.15) is 5.10 Å². The van der Waals surface area contributed by atoms with Gasteiger partial charge in [-0.05, 0) is 49.7 Å². The molecular formula is C21H21ClN4O4. The summed E-state index contributed by atoms with van der Waals surface area (Å²) in [5, 5.41) is 18.7. The van der Waals surface area contributed by atoms with Crippen LogP contribution < -0.4 is 10.1 Å². The summed E-state index contributed by atoms with van der Waals surface area (Å²) in [7, 11) is 0. The molecule has 156 valence electrons. The number of nitrogens with zero attached hydrogens (tertiary/aromatic N) is 3. The molecule has 0 fully saturated rings. The minimum atomic E-state index is -0.441. The highest BCUT2D eigenvalue weighted by Crippen LogP contribution is 2.21. The molecule has 0 aliphatic carbocycles. The Kier molecular flexibility index (Phi) is 6.68. The second-order valence-corrected chi connectivity index (χ2v) is 7.14. The van der Waals surface area contributed by atoms with Crippen LogP contribution in [0, 0.1) is 24.0 Å². The number of ether oxygens (including phenoxy) is 1. The summed E-state index contributed by atoms with van der Waals surface area (Å²) in [5.74, 6) is 0.409. The molecule has 9 heteroatoms. The molecule has 0 aliphatic heterocycles. The highest BCUT2D eigenvalue weighted by molar-refractivity contribution is 6.30. The van der Waals surface area contributed by atoms with Crippen molar-refractivity contribution < 1.29 is 14.5 Å². The SMILES string of the molecule is Cc1nn(CCNC(=O)c2cccc(COc3cccc(Cl)c3)c2)c(C)c1[N+](=O)[O-]. The molecule has 0 unspecified atom stereocenters. The maximum Gasteiger partial charge on any atom is 0.312 e. The smallest absolute Gasteiger partial charge is 0.312 e. The zero-order chi connectivity index (χ0) is 21.7. The summed E-state index contributed by atoms with van der Waals surface area (Å²) < 4.78 is 7.24. The Balaban J connectivity index is 1.56. The van der Waals surface area contributed by atoms with Gasteiger partial charge < -0.3 is 10.1 Å². The second-order valence-electron chi connectivity index (χ2n) is 6.70. The van der Waals surface area contributed by atoms with Gasteiger partial charge in [0.2, 0.25) is 0 Å². The molecule has 1 heterocycles. The van der Waals surface area contributed by atoms with Gasteiger partial charge in [0.15, 0.2) is 0 Å². The monoisotopic (exact) mass is 428 g/mol. The van der Waals surface area contributed by atoms with E-state index in [1.165, 1.54) is 4.68 Å². The average molecular weight is 429 g/mol. The molecule has 1 aromatic heterocycles. The molecule has 0 bridgehead atoms. The number of nitrogens with one attached hydrogen (secondary N) is 1. The van der Waals surface area contributed by atoms with E-state index in [9.17, 15) is 14.9 Å². The first-order chi connectivity index (χ1) is 14.3. The van der Waals surface area contributed by atoms with E-state index in [2.05, 4.69) is 10.4 Å². The van der Waals surface area contributed by atoms with Crippen LogP contribution in [0.3, 0.4) is 0 Å². The third kappa shape index (κ3) is 5.15. The van der Waals surface area contributed by atoms with Gasteiger partial charge in [0.05, 0.1) is 11.5 Å². The van der Waals surface area contributed by atoms with Crippen molar-refractivity contribution in [2.45, 2.75) is 27.0 Å². The number of halogens is 1. The van der Waals surface area contributed by atoms with E-state index in [-0.39, 0.29) is 11.6 Å². The molecule has 0 saturated carbocycles. The highest BCUT2D eigenvalue weighted by Gasteiger charge is 2.21. The third-order valence-corrected chi connectivity index (χ3v) is 4.76. The van der Waals surface area contributed by atoms with Crippen LogP contribution in [0.2, 0.25) is 5.02 Å². The van der Waals surface area contributed by atoms with Crippen molar-refractivity contribution in [3.05, 3.63) is 86.2 Å². The molecule has 0 aliphatic rings. The molecule has 0 spiro atoms. The lowest BCUT2D eigenvalue weighted by molar-refractivity contribution is -0.386. The maximum absolute atomic E-state index is 12.5. The minimum absolute atomic E-state index is 0.00808. The molecule has 2 aromatic carbocycles. The lowest BCUT2D eigenvalue weighted by atomic mass is 10.1. The van der Waals surface area contributed by atoms with Gasteiger partial charge in [-0.1, -0.05) is 29.8 Å². The number of benzene rings is 2. The molecule has 0 atom stereocenters. The summed E-state index contributed by atoms with van der Waals surface area (Å²) >= 11 is 5.95. The zero-order valence-electron chi connectivity index (χ0n) is 16.6. The van der Waals surface area contributed by atoms with E-state index in [0.717, 1.165) is 5.56 Å². The number of carbonyl (C=O) groups is 1. The summed E-state index contributed by atoms with van der Waals surface area (Å²) in [6.07, 6.45) is 0. The van der Waals surface area contributed by atoms with Gasteiger partial charge in [-0.3, -0.25) is 19.6 Å². The fourth-order valence-electron chi connectivity index (χ4n) is 3.07. The largest absolute Gasteiger partial charge is 0.489 e. The average Bonchev–Trinajstić information content (AvgIpc) is 3.00. The van der Waals surface area contributed by atoms with Crippen molar-refractivity contribution in [1.82, 2.24) is 15.1 Å². The number of aryl methyl sites for hydroxylation is 1. The summed E-state index contributed by atoms with van der Waals surface area (Å²) in [5.41, 5.74) is 2.18. The topological polar surface area (TPSA) is 99.3 Å². The first kappa shape index (κ1) is 21.3. The fourth-order valence-corrected chi connectivity index (χ4v) is 3.25. The first-order valence-corrected chi connectivity index (χ1v) is 9.67. The van der Waals surface area contributed by atoms with Crippen LogP contribution in [0.15, 0.2) is 48.5 Å². The Labute approximate surface area is 178 Å². The van der Waals surface area contributed by atoms with E-state index in [4.69, 9.17) is 16.3 Å². The number of aromatic nitrogens is 2. The zero-order valence-corrected chi connectivity index (χ0v) is 17.3. The van der Waals surface area contributed by atoms with Crippen LogP contribution in [0.4, 0.5) is 5.69 Å². The van der Waals surface area contributed by atoms with E-state index >= 15 is 0 Å². The molecule has 0 radical (unpaired) electrons. The van der Waals surface area contributed by atoms with Crippen molar-refractivity contribution in [1.29, 1.82) is 0 Å². The molecule has 0 saturated heterocycles. The second kappa shape index (κ2) is 9.41. The molecule has 3 rings (SSSR count). The van der Waals surface area contributed by atoms with Crippen molar-refractivity contribution in [3.63, 3.8) is 0 Å². The van der Waals surface area contributed by atoms with Crippen molar-refractivity contribution in [2.24, 2.45) is 0 Å². The predicted molar refractivity (Wildman–Crippen MR) is 113 cm³/mol. The van der Waals surface area contributed by atoms with Crippen LogP contribution in [0.25, 0.3) is 0 Å². The van der Waals surface area contributed by atoms with Crippen molar-refractivity contribution in [3.8, 4) is 5.75 Å². The van der Waals surface area contributed by atoms with Crippen LogP contribution >= 0.6 is 11.6 Å². The molecule has 8 nitrogen and oxygen atoms in total. The molecule has 30 heavy (non-hydrogen) atoms. The number of amides is 1. The van der Waals surface area contributed by atoms with E-state index < -0.39 is 4.92 Å².